The summed E-state index contributed by atoms with van der Waals surface area (Å²) in [4.78, 5) is 15.9. The molecular formula is C12H13N3O. The maximum atomic E-state index is 12.0. The molecule has 1 amide bonds. The Bertz CT molecular complexity index is 416. The van der Waals surface area contributed by atoms with Crippen molar-refractivity contribution in [3.05, 3.63) is 24.5 Å². The molecule has 1 saturated carbocycles. The van der Waals surface area contributed by atoms with E-state index in [0.29, 0.717) is 18.5 Å². The Morgan fingerprint density at radius 3 is 2.56 bits per heavy atom. The van der Waals surface area contributed by atoms with Crippen LogP contribution in [0.3, 0.4) is 0 Å². The molecule has 1 aliphatic rings. The molecule has 0 aromatic carbocycles. The van der Waals surface area contributed by atoms with Gasteiger partial charge >= 0.3 is 0 Å². The Hall–Kier alpha value is -1.89. The average Bonchev–Trinajstić information content (AvgIpc) is 2.80. The van der Waals surface area contributed by atoms with Crippen LogP contribution in [-0.4, -0.2) is 10.9 Å². The molecule has 2 rings (SSSR count). The fraction of sp³-hybridized carbons (Fsp3) is 0.417. The van der Waals surface area contributed by atoms with Crippen LogP contribution in [0.15, 0.2) is 24.5 Å². The first-order valence-corrected chi connectivity index (χ1v) is 5.40. The number of pyridine rings is 1. The largest absolute Gasteiger partial charge is 0.325 e. The smallest absolute Gasteiger partial charge is 0.244 e. The van der Waals surface area contributed by atoms with E-state index in [4.69, 9.17) is 5.26 Å². The van der Waals surface area contributed by atoms with Gasteiger partial charge in [0.2, 0.25) is 5.91 Å². The molecule has 1 aromatic rings. The quantitative estimate of drug-likeness (QED) is 0.821. The highest BCUT2D eigenvalue weighted by atomic mass is 16.2. The third-order valence-corrected chi connectivity index (χ3v) is 3.04. The van der Waals surface area contributed by atoms with E-state index in [9.17, 15) is 4.79 Å². The maximum absolute atomic E-state index is 12.0. The van der Waals surface area contributed by atoms with Crippen LogP contribution in [0.1, 0.15) is 25.7 Å². The van der Waals surface area contributed by atoms with Gasteiger partial charge in [-0.25, -0.2) is 0 Å². The lowest BCUT2D eigenvalue weighted by Crippen LogP contribution is -2.32. The van der Waals surface area contributed by atoms with Gasteiger partial charge in [0.1, 0.15) is 5.41 Å². The summed E-state index contributed by atoms with van der Waals surface area (Å²) in [7, 11) is 0. The Morgan fingerprint density at radius 2 is 2.00 bits per heavy atom. The zero-order valence-electron chi connectivity index (χ0n) is 8.94. The van der Waals surface area contributed by atoms with Gasteiger partial charge in [-0.2, -0.15) is 5.26 Å². The average molecular weight is 215 g/mol. The van der Waals surface area contributed by atoms with Crippen molar-refractivity contribution in [3.8, 4) is 6.07 Å². The van der Waals surface area contributed by atoms with Crippen molar-refractivity contribution < 1.29 is 4.79 Å². The molecule has 0 atom stereocenters. The highest BCUT2D eigenvalue weighted by Gasteiger charge is 2.41. The highest BCUT2D eigenvalue weighted by Crippen LogP contribution is 2.38. The van der Waals surface area contributed by atoms with Crippen molar-refractivity contribution in [2.24, 2.45) is 5.41 Å². The fourth-order valence-electron chi connectivity index (χ4n) is 2.05. The molecular weight excluding hydrogens is 202 g/mol. The van der Waals surface area contributed by atoms with E-state index < -0.39 is 5.41 Å². The summed E-state index contributed by atoms with van der Waals surface area (Å²) in [5.41, 5.74) is -0.120. The second kappa shape index (κ2) is 4.31. The molecule has 1 N–H and O–H groups in total. The molecule has 0 spiro atoms. The van der Waals surface area contributed by atoms with E-state index in [0.717, 1.165) is 12.8 Å². The van der Waals surface area contributed by atoms with Crippen LogP contribution in [0, 0.1) is 16.7 Å². The van der Waals surface area contributed by atoms with Crippen LogP contribution in [0.25, 0.3) is 0 Å². The number of anilines is 1. The van der Waals surface area contributed by atoms with Gasteiger partial charge in [-0.3, -0.25) is 9.78 Å². The summed E-state index contributed by atoms with van der Waals surface area (Å²) in [6, 6.07) is 5.61. The van der Waals surface area contributed by atoms with Crippen molar-refractivity contribution in [3.63, 3.8) is 0 Å². The second-order valence-electron chi connectivity index (χ2n) is 4.09. The molecule has 1 fully saturated rings. The minimum absolute atomic E-state index is 0.182. The molecule has 1 aromatic heterocycles. The van der Waals surface area contributed by atoms with Gasteiger partial charge in [0.05, 0.1) is 6.07 Å². The minimum atomic E-state index is -0.816. The molecule has 0 radical (unpaired) electrons. The number of rotatable bonds is 2. The van der Waals surface area contributed by atoms with Crippen LogP contribution >= 0.6 is 0 Å². The van der Waals surface area contributed by atoms with E-state index >= 15 is 0 Å². The molecule has 0 saturated heterocycles. The normalized spacial score (nSPS) is 17.7. The third-order valence-electron chi connectivity index (χ3n) is 3.04. The SMILES string of the molecule is N#CC1(C(=O)Nc2ccncc2)CCCC1. The van der Waals surface area contributed by atoms with Gasteiger partial charge < -0.3 is 5.32 Å². The Balaban J connectivity index is 2.11. The number of carbonyl (C=O) groups is 1. The third kappa shape index (κ3) is 1.89. The van der Waals surface area contributed by atoms with Crippen molar-refractivity contribution in [2.75, 3.05) is 5.32 Å². The van der Waals surface area contributed by atoms with Crippen molar-refractivity contribution in [1.82, 2.24) is 4.98 Å². The zero-order valence-corrected chi connectivity index (χ0v) is 8.94. The number of nitriles is 1. The van der Waals surface area contributed by atoms with Crippen molar-refractivity contribution >= 4 is 11.6 Å². The summed E-state index contributed by atoms with van der Waals surface area (Å²) < 4.78 is 0. The monoisotopic (exact) mass is 215 g/mol. The first kappa shape index (κ1) is 10.6. The predicted octanol–water partition coefficient (Wildman–Crippen LogP) is 2.10. The summed E-state index contributed by atoms with van der Waals surface area (Å²) >= 11 is 0. The van der Waals surface area contributed by atoms with E-state index in [2.05, 4.69) is 16.4 Å². The number of nitrogens with zero attached hydrogens (tertiary/aromatic N) is 2. The number of aromatic nitrogens is 1. The van der Waals surface area contributed by atoms with Gasteiger partial charge in [-0.15, -0.1) is 0 Å². The van der Waals surface area contributed by atoms with Gasteiger partial charge in [-0.05, 0) is 25.0 Å². The first-order chi connectivity index (χ1) is 7.77. The van der Waals surface area contributed by atoms with Gasteiger partial charge in [0.25, 0.3) is 0 Å². The Kier molecular flexibility index (Phi) is 2.86. The summed E-state index contributed by atoms with van der Waals surface area (Å²) in [5, 5.41) is 11.9. The van der Waals surface area contributed by atoms with Crippen molar-refractivity contribution in [2.45, 2.75) is 25.7 Å². The number of nitrogens with one attached hydrogen (secondary N) is 1. The second-order valence-corrected chi connectivity index (χ2v) is 4.09. The highest BCUT2D eigenvalue weighted by molar-refractivity contribution is 5.97. The summed E-state index contributed by atoms with van der Waals surface area (Å²) in [6.07, 6.45) is 6.47. The predicted molar refractivity (Wildman–Crippen MR) is 59.4 cm³/mol. The lowest BCUT2D eigenvalue weighted by molar-refractivity contribution is -0.122. The molecule has 0 aliphatic heterocycles. The summed E-state index contributed by atoms with van der Waals surface area (Å²) in [6.45, 7) is 0. The van der Waals surface area contributed by atoms with Crippen LogP contribution in [0.5, 0.6) is 0 Å². The van der Waals surface area contributed by atoms with E-state index in [-0.39, 0.29) is 5.91 Å². The van der Waals surface area contributed by atoms with E-state index in [1.165, 1.54) is 0 Å². The van der Waals surface area contributed by atoms with Gasteiger partial charge in [0.15, 0.2) is 0 Å². The Labute approximate surface area is 94.3 Å². The number of amides is 1. The molecule has 0 unspecified atom stereocenters. The van der Waals surface area contributed by atoms with E-state index in [1.54, 1.807) is 24.5 Å². The minimum Gasteiger partial charge on any atom is -0.325 e. The molecule has 16 heavy (non-hydrogen) atoms. The molecule has 4 nitrogen and oxygen atoms in total. The zero-order chi connectivity index (χ0) is 11.4. The van der Waals surface area contributed by atoms with Crippen LogP contribution < -0.4 is 5.32 Å². The lowest BCUT2D eigenvalue weighted by atomic mass is 9.87. The Morgan fingerprint density at radius 1 is 1.38 bits per heavy atom. The molecule has 0 bridgehead atoms. The molecule has 1 heterocycles. The van der Waals surface area contributed by atoms with Crippen molar-refractivity contribution in [1.29, 1.82) is 5.26 Å². The summed E-state index contributed by atoms with van der Waals surface area (Å²) in [5.74, 6) is -0.182. The molecule has 82 valence electrons. The van der Waals surface area contributed by atoms with Crippen LogP contribution in [0.2, 0.25) is 0 Å². The lowest BCUT2D eigenvalue weighted by Gasteiger charge is -2.18. The topological polar surface area (TPSA) is 65.8 Å². The molecule has 4 heteroatoms. The number of hydrogen-bond donors (Lipinski definition) is 1. The number of hydrogen-bond acceptors (Lipinski definition) is 3. The first-order valence-electron chi connectivity index (χ1n) is 5.40. The van der Waals surface area contributed by atoms with E-state index in [1.807, 2.05) is 0 Å². The van der Waals surface area contributed by atoms with Gasteiger partial charge in [-0.1, -0.05) is 12.8 Å². The molecule has 1 aliphatic carbocycles. The fourth-order valence-corrected chi connectivity index (χ4v) is 2.05. The van der Waals surface area contributed by atoms with Crippen LogP contribution in [-0.2, 0) is 4.79 Å². The van der Waals surface area contributed by atoms with Gasteiger partial charge in [0, 0.05) is 18.1 Å². The number of carbonyl (C=O) groups excluding carboxylic acids is 1. The maximum Gasteiger partial charge on any atom is 0.244 e. The standard InChI is InChI=1S/C12H13N3O/c13-9-12(5-1-2-6-12)11(16)15-10-3-7-14-8-4-10/h3-4,7-8H,1-2,5-6H2,(H,14,15,16). The van der Waals surface area contributed by atoms with Crippen LogP contribution in [0.4, 0.5) is 5.69 Å².